The lowest BCUT2D eigenvalue weighted by molar-refractivity contribution is -0.513. The van der Waals surface area contributed by atoms with Crippen molar-refractivity contribution in [2.24, 2.45) is 4.99 Å². The molecule has 96 valence electrons. The number of hydrogen-bond acceptors (Lipinski definition) is 4. The van der Waals surface area contributed by atoms with E-state index in [1.54, 1.807) is 24.7 Å². The Labute approximate surface area is 105 Å². The molecule has 2 rings (SSSR count). The highest BCUT2D eigenvalue weighted by molar-refractivity contribution is 6.22. The van der Waals surface area contributed by atoms with E-state index in [0.717, 1.165) is 4.90 Å². The molecule has 18 heavy (non-hydrogen) atoms. The van der Waals surface area contributed by atoms with Crippen molar-refractivity contribution in [3.8, 4) is 0 Å². The number of urea groups is 1. The van der Waals surface area contributed by atoms with E-state index in [0.29, 0.717) is 18.5 Å². The van der Waals surface area contributed by atoms with Crippen molar-refractivity contribution in [1.29, 1.82) is 0 Å². The summed E-state index contributed by atoms with van der Waals surface area (Å²) in [6.45, 7) is 3.84. The molecule has 0 bridgehead atoms. The molecular formula is C11H15N4O3+. The summed E-state index contributed by atoms with van der Waals surface area (Å²) in [4.78, 5) is 30.5. The number of rotatable bonds is 2. The van der Waals surface area contributed by atoms with Gasteiger partial charge in [-0.25, -0.2) is 9.37 Å². The number of amidine groups is 2. The zero-order chi connectivity index (χ0) is 13.4. The first-order valence-corrected chi connectivity index (χ1v) is 5.46. The van der Waals surface area contributed by atoms with Gasteiger partial charge in [0.25, 0.3) is 17.8 Å². The number of ether oxygens (including phenoxy) is 1. The molecule has 2 heterocycles. The summed E-state index contributed by atoms with van der Waals surface area (Å²) in [6, 6.07) is -0.677. The third-order valence-electron chi connectivity index (χ3n) is 2.96. The predicted molar refractivity (Wildman–Crippen MR) is 64.5 cm³/mol. The maximum Gasteiger partial charge on any atom is 0.496 e. The molecule has 1 atom stereocenters. The molecule has 1 fully saturated rings. The molecular weight excluding hydrogens is 236 g/mol. The Morgan fingerprint density at radius 3 is 2.72 bits per heavy atom. The zero-order valence-corrected chi connectivity index (χ0v) is 10.6. The van der Waals surface area contributed by atoms with Crippen LogP contribution >= 0.6 is 0 Å². The van der Waals surface area contributed by atoms with Gasteiger partial charge in [0.05, 0.1) is 7.05 Å². The van der Waals surface area contributed by atoms with Gasteiger partial charge in [-0.1, -0.05) is 12.7 Å². The van der Waals surface area contributed by atoms with Crippen LogP contribution in [0.15, 0.2) is 17.6 Å². The highest BCUT2D eigenvalue weighted by atomic mass is 16.5. The molecule has 0 aliphatic carbocycles. The third kappa shape index (κ3) is 1.59. The summed E-state index contributed by atoms with van der Waals surface area (Å²) in [5.41, 5.74) is 0. The smallest absolute Gasteiger partial charge is 0.424 e. The molecule has 2 aliphatic rings. The number of imide groups is 1. The molecule has 3 amide bonds. The van der Waals surface area contributed by atoms with Crippen LogP contribution in [0.4, 0.5) is 4.79 Å². The van der Waals surface area contributed by atoms with E-state index < -0.39 is 12.1 Å². The van der Waals surface area contributed by atoms with Gasteiger partial charge in [-0.3, -0.25) is 14.6 Å². The van der Waals surface area contributed by atoms with Gasteiger partial charge >= 0.3 is 12.1 Å². The first-order valence-electron chi connectivity index (χ1n) is 5.46. The van der Waals surface area contributed by atoms with Crippen LogP contribution in [0.2, 0.25) is 0 Å². The molecule has 0 radical (unpaired) electrons. The lowest BCUT2D eigenvalue weighted by Crippen LogP contribution is -2.61. The maximum atomic E-state index is 12.1. The van der Waals surface area contributed by atoms with Gasteiger partial charge in [0.15, 0.2) is 0 Å². The summed E-state index contributed by atoms with van der Waals surface area (Å²) >= 11 is 0. The number of nitrogens with zero attached hydrogens (tertiary/aromatic N) is 4. The molecule has 1 saturated heterocycles. The zero-order valence-electron chi connectivity index (χ0n) is 10.6. The van der Waals surface area contributed by atoms with Gasteiger partial charge in [-0.15, -0.1) is 0 Å². The van der Waals surface area contributed by atoms with E-state index in [1.807, 2.05) is 0 Å². The first kappa shape index (κ1) is 12.3. The van der Waals surface area contributed by atoms with Crippen molar-refractivity contribution in [3.05, 3.63) is 12.7 Å². The molecule has 1 unspecified atom stereocenters. The average molecular weight is 251 g/mol. The minimum atomic E-state index is -0.600. The largest absolute Gasteiger partial charge is 0.496 e. The van der Waals surface area contributed by atoms with Crippen molar-refractivity contribution in [2.75, 3.05) is 27.7 Å². The van der Waals surface area contributed by atoms with Crippen LogP contribution in [0.25, 0.3) is 0 Å². The first-order chi connectivity index (χ1) is 8.49. The van der Waals surface area contributed by atoms with E-state index in [2.05, 4.69) is 11.6 Å². The number of fused-ring (bicyclic) bond motifs is 1. The monoisotopic (exact) mass is 251 g/mol. The van der Waals surface area contributed by atoms with Crippen molar-refractivity contribution in [3.63, 3.8) is 0 Å². The van der Waals surface area contributed by atoms with Gasteiger partial charge in [0, 0.05) is 19.1 Å². The number of amides is 3. The second-order valence-electron chi connectivity index (χ2n) is 4.10. The van der Waals surface area contributed by atoms with Gasteiger partial charge in [-0.05, 0) is 0 Å². The number of carbonyl (C=O) groups is 2. The van der Waals surface area contributed by atoms with Crippen LogP contribution in [0.1, 0.15) is 0 Å². The standard InChI is InChI=1S/C11H15N4O3/c1-5-6-18-10-12-8-7(13(10)2)9(16)15(4)11(17)14(8)3/h5,7H,1,6H2,2-4H3/q+1. The van der Waals surface area contributed by atoms with Gasteiger partial charge < -0.3 is 4.74 Å². The van der Waals surface area contributed by atoms with Gasteiger partial charge in [0.1, 0.15) is 6.61 Å². The SMILES string of the molecule is C=CCOC1=[N+](C)C2C(=O)N(C)C(=O)N(C)C2=N1. The van der Waals surface area contributed by atoms with Crippen LogP contribution in [0.5, 0.6) is 0 Å². The summed E-state index contributed by atoms with van der Waals surface area (Å²) in [5.74, 6) is 0.0845. The molecule has 0 aromatic carbocycles. The second kappa shape index (κ2) is 4.25. The molecule has 7 nitrogen and oxygen atoms in total. The highest BCUT2D eigenvalue weighted by Crippen LogP contribution is 2.17. The molecule has 2 aliphatic heterocycles. The summed E-state index contributed by atoms with van der Waals surface area (Å²) in [6.07, 6.45) is 1.59. The van der Waals surface area contributed by atoms with E-state index in [9.17, 15) is 9.59 Å². The minimum Gasteiger partial charge on any atom is -0.424 e. The second-order valence-corrected chi connectivity index (χ2v) is 4.10. The van der Waals surface area contributed by atoms with Crippen LogP contribution in [0.3, 0.4) is 0 Å². The quantitative estimate of drug-likeness (QED) is 0.490. The Morgan fingerprint density at radius 2 is 2.11 bits per heavy atom. The Hall–Kier alpha value is -2.18. The van der Waals surface area contributed by atoms with E-state index >= 15 is 0 Å². The number of aliphatic imine (C=N–C) groups is 1. The molecule has 7 heteroatoms. The van der Waals surface area contributed by atoms with E-state index in [4.69, 9.17) is 4.74 Å². The van der Waals surface area contributed by atoms with Crippen molar-refractivity contribution < 1.29 is 18.9 Å². The lowest BCUT2D eigenvalue weighted by atomic mass is 10.2. The topological polar surface area (TPSA) is 65.2 Å². The molecule has 0 N–H and O–H groups in total. The van der Waals surface area contributed by atoms with Crippen LogP contribution in [0, 0.1) is 0 Å². The average Bonchev–Trinajstić information content (AvgIpc) is 2.69. The predicted octanol–water partition coefficient (Wildman–Crippen LogP) is -0.508. The lowest BCUT2D eigenvalue weighted by Gasteiger charge is -2.29. The van der Waals surface area contributed by atoms with Crippen molar-refractivity contribution in [1.82, 2.24) is 9.80 Å². The van der Waals surface area contributed by atoms with Crippen LogP contribution in [-0.2, 0) is 9.53 Å². The molecule has 0 aromatic heterocycles. The Bertz CT molecular complexity index is 495. The number of hydrogen-bond donors (Lipinski definition) is 0. The van der Waals surface area contributed by atoms with Crippen LogP contribution in [-0.4, -0.2) is 72.0 Å². The fraction of sp³-hybridized carbons (Fsp3) is 0.455. The highest BCUT2D eigenvalue weighted by Gasteiger charge is 2.52. The maximum absolute atomic E-state index is 12.1. The summed E-state index contributed by atoms with van der Waals surface area (Å²) in [5, 5.41) is 0. The Kier molecular flexibility index (Phi) is 2.90. The van der Waals surface area contributed by atoms with Crippen molar-refractivity contribution >= 4 is 23.8 Å². The van der Waals surface area contributed by atoms with Crippen LogP contribution < -0.4 is 0 Å². The molecule has 0 aromatic rings. The van der Waals surface area contributed by atoms with E-state index in [1.165, 1.54) is 11.9 Å². The molecule has 0 saturated carbocycles. The number of likely N-dealkylation sites (N-methyl/N-ethyl adjacent to an activating group) is 3. The number of carbonyl (C=O) groups excluding carboxylic acids is 2. The van der Waals surface area contributed by atoms with Gasteiger partial charge in [-0.2, -0.15) is 0 Å². The molecule has 0 spiro atoms. The minimum absolute atomic E-state index is 0.296. The fourth-order valence-electron chi connectivity index (χ4n) is 1.92. The summed E-state index contributed by atoms with van der Waals surface area (Å²) in [7, 11) is 4.74. The van der Waals surface area contributed by atoms with Crippen molar-refractivity contribution in [2.45, 2.75) is 6.04 Å². The Morgan fingerprint density at radius 1 is 1.44 bits per heavy atom. The van der Waals surface area contributed by atoms with E-state index in [-0.39, 0.29) is 5.91 Å². The third-order valence-corrected chi connectivity index (χ3v) is 2.96. The fourth-order valence-corrected chi connectivity index (χ4v) is 1.92. The normalized spacial score (nSPS) is 23.3. The van der Waals surface area contributed by atoms with Gasteiger partial charge in [0.2, 0.25) is 0 Å². The Balaban J connectivity index is 2.37. The summed E-state index contributed by atoms with van der Waals surface area (Å²) < 4.78 is 6.96.